The van der Waals surface area contributed by atoms with E-state index in [0.29, 0.717) is 4.48 Å². The van der Waals surface area contributed by atoms with E-state index in [1.54, 1.807) is 0 Å². The lowest BCUT2D eigenvalue weighted by Gasteiger charge is -1.98. The Labute approximate surface area is 57.9 Å². The fraction of sp³-hybridized carbons (Fsp3) is 0.500. The van der Waals surface area contributed by atoms with Gasteiger partial charge in [0.1, 0.15) is 0 Å². The molecule has 0 amide bonds. The first-order chi connectivity index (χ1) is 3.55. The van der Waals surface area contributed by atoms with E-state index in [9.17, 15) is 4.79 Å². The van der Waals surface area contributed by atoms with Gasteiger partial charge in [-0.05, 0) is 15.9 Å². The molecule has 0 N–H and O–H groups in total. The lowest BCUT2D eigenvalue weighted by atomic mass is 10.1. The first kappa shape index (κ1) is 7.89. The van der Waals surface area contributed by atoms with Crippen LogP contribution in [0.2, 0.25) is 0 Å². The Morgan fingerprint density at radius 3 is 2.00 bits per heavy atom. The molecule has 0 fully saturated rings. The molecule has 46 valence electrons. The first-order valence-corrected chi connectivity index (χ1v) is 3.23. The van der Waals surface area contributed by atoms with Crippen LogP contribution in [0.15, 0.2) is 11.1 Å². The summed E-state index contributed by atoms with van der Waals surface area (Å²) in [5.74, 6) is 0.131. The van der Waals surface area contributed by atoms with Crippen LogP contribution < -0.4 is 0 Å². The highest BCUT2D eigenvalue weighted by molar-refractivity contribution is 9.12. The van der Waals surface area contributed by atoms with Gasteiger partial charge in [0, 0.05) is 5.92 Å². The monoisotopic (exact) mass is 176 g/mol. The van der Waals surface area contributed by atoms with E-state index < -0.39 is 0 Å². The van der Waals surface area contributed by atoms with Crippen LogP contribution in [0.4, 0.5) is 0 Å². The molecule has 0 atom stereocenters. The van der Waals surface area contributed by atoms with Crippen LogP contribution in [-0.4, -0.2) is 5.78 Å². The van der Waals surface area contributed by atoms with Gasteiger partial charge in [-0.15, -0.1) is 0 Å². The Morgan fingerprint density at radius 2 is 2.00 bits per heavy atom. The van der Waals surface area contributed by atoms with E-state index in [2.05, 4.69) is 22.5 Å². The molecule has 0 spiro atoms. The largest absolute Gasteiger partial charge is 0.293 e. The Morgan fingerprint density at radius 1 is 1.62 bits per heavy atom. The molecule has 2 heteroatoms. The first-order valence-electron chi connectivity index (χ1n) is 2.44. The Bertz CT molecular complexity index is 116. The number of allylic oxidation sites excluding steroid dienone is 1. The van der Waals surface area contributed by atoms with Crippen molar-refractivity contribution in [3.05, 3.63) is 11.1 Å². The molecule has 0 radical (unpaired) electrons. The zero-order chi connectivity index (χ0) is 6.73. The van der Waals surface area contributed by atoms with Crippen LogP contribution in [0.3, 0.4) is 0 Å². The fourth-order valence-corrected chi connectivity index (χ4v) is 0.771. The van der Waals surface area contributed by atoms with Gasteiger partial charge in [-0.2, -0.15) is 0 Å². The summed E-state index contributed by atoms with van der Waals surface area (Å²) in [4.78, 5) is 10.7. The molecule has 8 heavy (non-hydrogen) atoms. The Hall–Kier alpha value is -0.110. The maximum atomic E-state index is 10.7. The number of carbonyl (C=O) groups excluding carboxylic acids is 1. The van der Waals surface area contributed by atoms with Crippen molar-refractivity contribution >= 4 is 21.7 Å². The molecule has 0 aromatic heterocycles. The molecule has 1 nitrogen and oxygen atoms in total. The van der Waals surface area contributed by atoms with Crippen molar-refractivity contribution in [2.45, 2.75) is 13.8 Å². The van der Waals surface area contributed by atoms with E-state index in [1.165, 1.54) is 0 Å². The van der Waals surface area contributed by atoms with Crippen molar-refractivity contribution in [1.82, 2.24) is 0 Å². The van der Waals surface area contributed by atoms with Crippen molar-refractivity contribution in [3.8, 4) is 0 Å². The van der Waals surface area contributed by atoms with Crippen LogP contribution in [0.1, 0.15) is 13.8 Å². The Kier molecular flexibility index (Phi) is 2.98. The minimum atomic E-state index is 0.0573. The second-order valence-electron chi connectivity index (χ2n) is 1.92. The lowest BCUT2D eigenvalue weighted by Crippen LogP contribution is -2.04. The fourth-order valence-electron chi connectivity index (χ4n) is 0.313. The highest BCUT2D eigenvalue weighted by atomic mass is 79.9. The minimum absolute atomic E-state index is 0.0573. The number of ketones is 1. The molecule has 0 bridgehead atoms. The molecule has 0 aliphatic rings. The molecular formula is C6H9BrO. The Balaban J connectivity index is 3.84. The number of Topliss-reactive ketones (excluding diaryl/α,β-unsaturated/α-hetero) is 1. The summed E-state index contributed by atoms with van der Waals surface area (Å²) >= 11 is 3.00. The molecule has 0 saturated carbocycles. The highest BCUT2D eigenvalue weighted by Gasteiger charge is 2.07. The zero-order valence-corrected chi connectivity index (χ0v) is 6.66. The van der Waals surface area contributed by atoms with Crippen LogP contribution >= 0.6 is 15.9 Å². The van der Waals surface area contributed by atoms with Gasteiger partial charge >= 0.3 is 0 Å². The third-order valence-corrected chi connectivity index (χ3v) is 1.18. The van der Waals surface area contributed by atoms with Crippen molar-refractivity contribution in [2.75, 3.05) is 0 Å². The summed E-state index contributed by atoms with van der Waals surface area (Å²) in [7, 11) is 0. The average molecular weight is 177 g/mol. The molecule has 0 saturated heterocycles. The van der Waals surface area contributed by atoms with Crippen molar-refractivity contribution in [3.63, 3.8) is 0 Å². The van der Waals surface area contributed by atoms with E-state index in [1.807, 2.05) is 13.8 Å². The molecule has 0 aromatic rings. The van der Waals surface area contributed by atoms with E-state index in [0.717, 1.165) is 0 Å². The van der Waals surface area contributed by atoms with Gasteiger partial charge in [0.2, 0.25) is 0 Å². The van der Waals surface area contributed by atoms with Gasteiger partial charge in [0.05, 0.1) is 4.48 Å². The second kappa shape index (κ2) is 3.02. The standard InChI is InChI=1S/C6H9BrO/c1-4(2)6(8)5(3)7/h4H,3H2,1-2H3. The third kappa shape index (κ3) is 2.26. The van der Waals surface area contributed by atoms with Gasteiger partial charge in [0.15, 0.2) is 5.78 Å². The molecule has 0 rings (SSSR count). The molecule has 0 unspecified atom stereocenters. The predicted octanol–water partition coefficient (Wildman–Crippen LogP) is 2.12. The third-order valence-electron chi connectivity index (χ3n) is 0.792. The maximum Gasteiger partial charge on any atom is 0.171 e. The summed E-state index contributed by atoms with van der Waals surface area (Å²) in [6.07, 6.45) is 0. The lowest BCUT2D eigenvalue weighted by molar-refractivity contribution is -0.117. The van der Waals surface area contributed by atoms with Gasteiger partial charge in [0.25, 0.3) is 0 Å². The minimum Gasteiger partial charge on any atom is -0.293 e. The number of rotatable bonds is 2. The second-order valence-corrected chi connectivity index (χ2v) is 2.88. The number of halogens is 1. The SMILES string of the molecule is C=C(Br)C(=O)C(C)C. The summed E-state index contributed by atoms with van der Waals surface area (Å²) in [6.45, 7) is 7.13. The summed E-state index contributed by atoms with van der Waals surface area (Å²) in [5.41, 5.74) is 0. The molecule has 0 aromatic carbocycles. The summed E-state index contributed by atoms with van der Waals surface area (Å²) < 4.78 is 0.465. The number of carbonyl (C=O) groups is 1. The quantitative estimate of drug-likeness (QED) is 0.590. The molecular weight excluding hydrogens is 168 g/mol. The molecule has 0 heterocycles. The van der Waals surface area contributed by atoms with Gasteiger partial charge in [-0.1, -0.05) is 20.4 Å². The summed E-state index contributed by atoms with van der Waals surface area (Å²) in [6, 6.07) is 0. The summed E-state index contributed by atoms with van der Waals surface area (Å²) in [5, 5.41) is 0. The maximum absolute atomic E-state index is 10.7. The van der Waals surface area contributed by atoms with Gasteiger partial charge in [-0.25, -0.2) is 0 Å². The van der Waals surface area contributed by atoms with Crippen molar-refractivity contribution in [2.24, 2.45) is 5.92 Å². The number of hydrogen-bond donors (Lipinski definition) is 0. The average Bonchev–Trinajstić information content (AvgIpc) is 1.64. The highest BCUT2D eigenvalue weighted by Crippen LogP contribution is 2.08. The van der Waals surface area contributed by atoms with E-state index >= 15 is 0 Å². The zero-order valence-electron chi connectivity index (χ0n) is 5.07. The van der Waals surface area contributed by atoms with Crippen LogP contribution in [0, 0.1) is 5.92 Å². The van der Waals surface area contributed by atoms with E-state index in [4.69, 9.17) is 0 Å². The van der Waals surface area contributed by atoms with Crippen LogP contribution in [0.25, 0.3) is 0 Å². The van der Waals surface area contributed by atoms with Gasteiger partial charge < -0.3 is 0 Å². The van der Waals surface area contributed by atoms with Gasteiger partial charge in [-0.3, -0.25) is 4.79 Å². The topological polar surface area (TPSA) is 17.1 Å². The normalized spacial score (nSPS) is 9.50. The molecule has 0 aliphatic carbocycles. The van der Waals surface area contributed by atoms with Crippen molar-refractivity contribution in [1.29, 1.82) is 0 Å². The van der Waals surface area contributed by atoms with Crippen LogP contribution in [-0.2, 0) is 4.79 Å². The smallest absolute Gasteiger partial charge is 0.171 e. The van der Waals surface area contributed by atoms with Crippen LogP contribution in [0.5, 0.6) is 0 Å². The molecule has 0 aliphatic heterocycles. The predicted molar refractivity (Wildman–Crippen MR) is 37.9 cm³/mol. The van der Waals surface area contributed by atoms with E-state index in [-0.39, 0.29) is 11.7 Å². The van der Waals surface area contributed by atoms with Crippen molar-refractivity contribution < 1.29 is 4.79 Å². The number of hydrogen-bond acceptors (Lipinski definition) is 1.